The maximum absolute atomic E-state index is 12.7. The minimum absolute atomic E-state index is 0. The van der Waals surface area contributed by atoms with Gasteiger partial charge in [-0.15, -0.1) is 12.4 Å². The van der Waals surface area contributed by atoms with Gasteiger partial charge in [0.05, 0.1) is 11.0 Å². The van der Waals surface area contributed by atoms with Crippen LogP contribution in [0.1, 0.15) is 32.6 Å². The summed E-state index contributed by atoms with van der Waals surface area (Å²) in [6.07, 6.45) is 2.68. The van der Waals surface area contributed by atoms with Crippen molar-refractivity contribution < 1.29 is 17.9 Å². The maximum atomic E-state index is 12.7. The van der Waals surface area contributed by atoms with Crippen LogP contribution in [0.3, 0.4) is 0 Å². The number of nitrogens with zero attached hydrogens (tertiary/aromatic N) is 1. The number of nitrogens with two attached hydrogens (primary N) is 1. The molecule has 1 aromatic rings. The molecule has 2 rings (SSSR count). The first kappa shape index (κ1) is 22.9. The summed E-state index contributed by atoms with van der Waals surface area (Å²) in [7, 11) is -3.52. The zero-order valence-electron chi connectivity index (χ0n) is 15.0. The van der Waals surface area contributed by atoms with Crippen molar-refractivity contribution in [2.45, 2.75) is 43.6 Å². The molecule has 1 aliphatic rings. The van der Waals surface area contributed by atoms with Gasteiger partial charge in [0, 0.05) is 31.8 Å². The highest BCUT2D eigenvalue weighted by molar-refractivity contribution is 7.89. The van der Waals surface area contributed by atoms with Crippen molar-refractivity contribution in [3.8, 4) is 0 Å². The molecule has 148 valence electrons. The van der Waals surface area contributed by atoms with Crippen LogP contribution >= 0.6 is 12.4 Å². The zero-order chi connectivity index (χ0) is 18.3. The molecule has 0 radical (unpaired) electrons. The Labute approximate surface area is 161 Å². The third-order valence-corrected chi connectivity index (χ3v) is 6.11. The molecule has 1 amide bonds. The Morgan fingerprint density at radius 2 is 1.88 bits per heavy atom. The lowest BCUT2D eigenvalue weighted by molar-refractivity contribution is -0.115. The summed E-state index contributed by atoms with van der Waals surface area (Å²) < 4.78 is 32.7. The first-order valence-electron chi connectivity index (χ1n) is 8.69. The Morgan fingerprint density at radius 1 is 1.27 bits per heavy atom. The van der Waals surface area contributed by atoms with Crippen molar-refractivity contribution in [1.82, 2.24) is 4.31 Å². The smallest absolute Gasteiger partial charge is 0.243 e. The van der Waals surface area contributed by atoms with Gasteiger partial charge in [0.2, 0.25) is 15.9 Å². The number of nitrogens with one attached hydrogen (secondary N) is 1. The molecule has 1 fully saturated rings. The molecule has 7 nitrogen and oxygen atoms in total. The molecule has 0 spiro atoms. The molecule has 9 heteroatoms. The van der Waals surface area contributed by atoms with Crippen molar-refractivity contribution >= 4 is 34.0 Å². The lowest BCUT2D eigenvalue weighted by Gasteiger charge is -2.31. The van der Waals surface area contributed by atoms with Crippen molar-refractivity contribution in [3.63, 3.8) is 0 Å². The number of piperidine rings is 1. The normalized spacial score (nSPS) is 16.1. The summed E-state index contributed by atoms with van der Waals surface area (Å²) in [6, 6.07) is 6.29. The van der Waals surface area contributed by atoms with Crippen molar-refractivity contribution in [2.75, 3.05) is 31.6 Å². The first-order valence-corrected chi connectivity index (χ1v) is 10.1. The molecule has 0 bridgehead atoms. The van der Waals surface area contributed by atoms with Gasteiger partial charge in [0.15, 0.2) is 0 Å². The molecule has 26 heavy (non-hydrogen) atoms. The highest BCUT2D eigenvalue weighted by Crippen LogP contribution is 2.23. The Kier molecular flexibility index (Phi) is 9.52. The fraction of sp³-hybridized carbons (Fsp3) is 0.588. The van der Waals surface area contributed by atoms with Crippen LogP contribution in [0.15, 0.2) is 29.2 Å². The van der Waals surface area contributed by atoms with E-state index in [1.54, 1.807) is 19.1 Å². The minimum Gasteiger partial charge on any atom is -0.378 e. The molecule has 0 saturated carbocycles. The molecule has 1 aliphatic heterocycles. The number of halogens is 1. The quantitative estimate of drug-likeness (QED) is 0.644. The van der Waals surface area contributed by atoms with Crippen LogP contribution < -0.4 is 11.1 Å². The molecular weight excluding hydrogens is 378 g/mol. The summed E-state index contributed by atoms with van der Waals surface area (Å²) in [5.41, 5.74) is 6.04. The van der Waals surface area contributed by atoms with Crippen LogP contribution in [-0.2, 0) is 19.6 Å². The van der Waals surface area contributed by atoms with E-state index in [1.165, 1.54) is 16.4 Å². The van der Waals surface area contributed by atoms with Crippen LogP contribution in [0.25, 0.3) is 0 Å². The third kappa shape index (κ3) is 6.21. The summed E-state index contributed by atoms with van der Waals surface area (Å²) in [4.78, 5) is 11.6. The van der Waals surface area contributed by atoms with E-state index in [1.807, 2.05) is 0 Å². The molecule has 0 aliphatic carbocycles. The van der Waals surface area contributed by atoms with Gasteiger partial charge in [0.1, 0.15) is 0 Å². The number of ether oxygens (including phenoxy) is 1. The predicted octanol–water partition coefficient (Wildman–Crippen LogP) is 1.98. The maximum Gasteiger partial charge on any atom is 0.243 e. The number of amides is 1. The Morgan fingerprint density at radius 3 is 2.42 bits per heavy atom. The summed E-state index contributed by atoms with van der Waals surface area (Å²) in [6.45, 7) is 3.88. The standard InChI is InChI=1S/C17H27N3O4S.ClH/c1-2-17(21)19-14-4-6-16(7-5-14)25(22,23)20-11-8-15(9-12-20)24-13-3-10-18;/h4-7,15H,2-3,8-13,18H2,1H3,(H,19,21);1H. The second-order valence-electron chi connectivity index (χ2n) is 6.04. The van der Waals surface area contributed by atoms with Gasteiger partial charge >= 0.3 is 0 Å². The highest BCUT2D eigenvalue weighted by Gasteiger charge is 2.29. The molecule has 0 atom stereocenters. The third-order valence-electron chi connectivity index (χ3n) is 4.20. The number of hydrogen-bond acceptors (Lipinski definition) is 5. The summed E-state index contributed by atoms with van der Waals surface area (Å²) >= 11 is 0. The SMILES string of the molecule is CCC(=O)Nc1ccc(S(=O)(=O)N2CCC(OCCCN)CC2)cc1.Cl. The highest BCUT2D eigenvalue weighted by atomic mass is 35.5. The monoisotopic (exact) mass is 405 g/mol. The topological polar surface area (TPSA) is 102 Å². The Bertz CT molecular complexity index is 659. The second-order valence-corrected chi connectivity index (χ2v) is 7.98. The van der Waals surface area contributed by atoms with Crippen molar-refractivity contribution in [3.05, 3.63) is 24.3 Å². The van der Waals surface area contributed by atoms with Gasteiger partial charge in [-0.1, -0.05) is 6.92 Å². The lowest BCUT2D eigenvalue weighted by atomic mass is 10.1. The van der Waals surface area contributed by atoms with E-state index in [-0.39, 0.29) is 29.3 Å². The van der Waals surface area contributed by atoms with Crippen LogP contribution in [0.2, 0.25) is 0 Å². The van der Waals surface area contributed by atoms with E-state index in [0.717, 1.165) is 6.42 Å². The number of rotatable bonds is 8. The zero-order valence-corrected chi connectivity index (χ0v) is 16.7. The average Bonchev–Trinajstić information content (AvgIpc) is 2.63. The molecule has 1 heterocycles. The summed E-state index contributed by atoms with van der Waals surface area (Å²) in [5.74, 6) is -0.104. The lowest BCUT2D eigenvalue weighted by Crippen LogP contribution is -2.41. The van der Waals surface area contributed by atoms with Crippen LogP contribution in [-0.4, -0.2) is 51.0 Å². The van der Waals surface area contributed by atoms with Crippen LogP contribution in [0.5, 0.6) is 0 Å². The molecule has 3 N–H and O–H groups in total. The number of sulfonamides is 1. The fourth-order valence-corrected chi connectivity index (χ4v) is 4.15. The number of hydrogen-bond donors (Lipinski definition) is 2. The van der Waals surface area contributed by atoms with Gasteiger partial charge in [0.25, 0.3) is 0 Å². The van der Waals surface area contributed by atoms with Crippen LogP contribution in [0.4, 0.5) is 5.69 Å². The van der Waals surface area contributed by atoms with Gasteiger partial charge in [-0.05, 0) is 50.1 Å². The fourth-order valence-electron chi connectivity index (χ4n) is 2.68. The van der Waals surface area contributed by atoms with Crippen LogP contribution in [0, 0.1) is 0 Å². The number of carbonyl (C=O) groups is 1. The van der Waals surface area contributed by atoms with E-state index < -0.39 is 10.0 Å². The molecule has 0 unspecified atom stereocenters. The second kappa shape index (κ2) is 10.8. The number of carbonyl (C=O) groups excluding carboxylic acids is 1. The summed E-state index contributed by atoms with van der Waals surface area (Å²) in [5, 5.41) is 2.71. The Hall–Kier alpha value is -1.19. The number of benzene rings is 1. The molecule has 0 aromatic heterocycles. The van der Waals surface area contributed by atoms with Gasteiger partial charge in [-0.3, -0.25) is 4.79 Å². The van der Waals surface area contributed by atoms with E-state index in [0.29, 0.717) is 51.2 Å². The van der Waals surface area contributed by atoms with Crippen molar-refractivity contribution in [2.24, 2.45) is 5.73 Å². The van der Waals surface area contributed by atoms with E-state index >= 15 is 0 Å². The van der Waals surface area contributed by atoms with E-state index in [4.69, 9.17) is 10.5 Å². The van der Waals surface area contributed by atoms with Gasteiger partial charge < -0.3 is 15.8 Å². The Balaban J connectivity index is 0.00000338. The molecular formula is C17H28ClN3O4S. The predicted molar refractivity (Wildman–Crippen MR) is 104 cm³/mol. The largest absolute Gasteiger partial charge is 0.378 e. The molecule has 1 saturated heterocycles. The van der Waals surface area contributed by atoms with Crippen molar-refractivity contribution in [1.29, 1.82) is 0 Å². The van der Waals surface area contributed by atoms with Gasteiger partial charge in [-0.2, -0.15) is 4.31 Å². The number of anilines is 1. The molecule has 1 aromatic carbocycles. The minimum atomic E-state index is -3.52. The van der Waals surface area contributed by atoms with E-state index in [2.05, 4.69) is 5.32 Å². The average molecular weight is 406 g/mol. The van der Waals surface area contributed by atoms with Gasteiger partial charge in [-0.25, -0.2) is 8.42 Å². The first-order chi connectivity index (χ1) is 12.0. The van der Waals surface area contributed by atoms with E-state index in [9.17, 15) is 13.2 Å².